The molecule has 1 saturated carbocycles. The molecule has 2 atom stereocenters. The number of hydrogen-bond acceptors (Lipinski definition) is 9. The molecule has 5 aliphatic heterocycles. The lowest BCUT2D eigenvalue weighted by molar-refractivity contribution is -0.142. The van der Waals surface area contributed by atoms with Crippen LogP contribution in [0, 0.1) is 5.92 Å². The average Bonchev–Trinajstić information content (AvgIpc) is 3.88. The second-order valence-electron chi connectivity index (χ2n) is 15.3. The molecule has 2 aromatic carbocycles. The van der Waals surface area contributed by atoms with Crippen LogP contribution in [0.15, 0.2) is 54.7 Å². The Morgan fingerprint density at radius 1 is 0.926 bits per heavy atom. The van der Waals surface area contributed by atoms with E-state index in [9.17, 15) is 24.0 Å². The van der Waals surface area contributed by atoms with Crippen LogP contribution in [0.3, 0.4) is 0 Å². The number of carbonyl (C=O) groups is 5. The molecule has 6 heterocycles. The van der Waals surface area contributed by atoms with E-state index >= 15 is 0 Å². The van der Waals surface area contributed by atoms with Crippen LogP contribution in [-0.4, -0.2) is 102 Å². The first-order valence-corrected chi connectivity index (χ1v) is 19.3. The van der Waals surface area contributed by atoms with Gasteiger partial charge in [0.1, 0.15) is 25.0 Å². The monoisotopic (exact) mass is 751 g/mol. The number of amides is 5. The molecule has 3 saturated heterocycles. The van der Waals surface area contributed by atoms with Gasteiger partial charge in [-0.25, -0.2) is 4.98 Å². The third kappa shape index (κ3) is 6.07. The number of rotatable bonds is 8. The zero-order valence-corrected chi connectivity index (χ0v) is 30.6. The predicted octanol–water partition coefficient (Wildman–Crippen LogP) is 3.48. The Kier molecular flexibility index (Phi) is 8.80. The van der Waals surface area contributed by atoms with E-state index in [4.69, 9.17) is 16.3 Å². The standard InChI is InChI=1S/C40H42ClN7O6/c41-31-10-13-42-37-36(31)40(23-43-37,25-4-5-25)26-2-1-3-28(19-26)47-17-16-46(21-34(47)50)35(51)22-54-29-11-14-45(15-12-29)27-6-7-30-24(18-27)20-48(39(30)53)32-8-9-33(49)44-38(32)52/h1-3,6-7,10,13,18-19,25,29,32H,4-5,8-9,11-12,14-17,20-23H2,(H,42,43)(H,44,49,52). The van der Waals surface area contributed by atoms with Gasteiger partial charge in [0.2, 0.25) is 23.6 Å². The highest BCUT2D eigenvalue weighted by molar-refractivity contribution is 6.32. The van der Waals surface area contributed by atoms with Crippen molar-refractivity contribution in [3.8, 4) is 0 Å². The van der Waals surface area contributed by atoms with Crippen LogP contribution in [0.25, 0.3) is 0 Å². The summed E-state index contributed by atoms with van der Waals surface area (Å²) in [6.07, 6.45) is 5.90. The second-order valence-corrected chi connectivity index (χ2v) is 15.7. The number of carbonyl (C=O) groups excluding carboxylic acids is 5. The fourth-order valence-electron chi connectivity index (χ4n) is 9.14. The molecule has 0 radical (unpaired) electrons. The van der Waals surface area contributed by atoms with E-state index in [-0.39, 0.29) is 54.7 Å². The fourth-order valence-corrected chi connectivity index (χ4v) is 9.46. The lowest BCUT2D eigenvalue weighted by Crippen LogP contribution is -2.53. The first-order chi connectivity index (χ1) is 26.2. The van der Waals surface area contributed by atoms with E-state index in [0.717, 1.165) is 72.7 Å². The highest BCUT2D eigenvalue weighted by Gasteiger charge is 2.53. The van der Waals surface area contributed by atoms with Crippen molar-refractivity contribution < 1.29 is 28.7 Å². The number of nitrogens with one attached hydrogen (secondary N) is 2. The van der Waals surface area contributed by atoms with Crippen molar-refractivity contribution in [2.24, 2.45) is 5.92 Å². The molecule has 3 aromatic rings. The van der Waals surface area contributed by atoms with Gasteiger partial charge in [0.05, 0.1) is 6.10 Å². The van der Waals surface area contributed by atoms with Gasteiger partial charge in [0, 0.05) is 84.8 Å². The summed E-state index contributed by atoms with van der Waals surface area (Å²) in [5.74, 6) is 0.0588. The zero-order chi connectivity index (χ0) is 37.1. The number of fused-ring (bicyclic) bond motifs is 2. The summed E-state index contributed by atoms with van der Waals surface area (Å²) in [6, 6.07) is 15.2. The third-order valence-electron chi connectivity index (χ3n) is 12.2. The van der Waals surface area contributed by atoms with Crippen LogP contribution >= 0.6 is 11.6 Å². The number of pyridine rings is 1. The van der Waals surface area contributed by atoms with Crippen molar-refractivity contribution in [2.45, 2.75) is 62.6 Å². The van der Waals surface area contributed by atoms with E-state index in [1.807, 2.05) is 36.4 Å². The van der Waals surface area contributed by atoms with E-state index in [0.29, 0.717) is 49.1 Å². The van der Waals surface area contributed by atoms with Gasteiger partial charge in [0.15, 0.2) is 0 Å². The van der Waals surface area contributed by atoms with Gasteiger partial charge in [-0.15, -0.1) is 0 Å². The van der Waals surface area contributed by atoms with Crippen molar-refractivity contribution >= 4 is 58.3 Å². The van der Waals surface area contributed by atoms with Crippen LogP contribution in [0.4, 0.5) is 17.2 Å². The van der Waals surface area contributed by atoms with E-state index in [2.05, 4.69) is 32.7 Å². The van der Waals surface area contributed by atoms with Gasteiger partial charge in [-0.3, -0.25) is 29.3 Å². The molecule has 54 heavy (non-hydrogen) atoms. The van der Waals surface area contributed by atoms with E-state index in [1.54, 1.807) is 20.9 Å². The van der Waals surface area contributed by atoms with Crippen molar-refractivity contribution in [2.75, 3.05) is 61.0 Å². The normalized spacial score (nSPS) is 24.4. The van der Waals surface area contributed by atoms with Crippen LogP contribution in [0.2, 0.25) is 5.02 Å². The number of aromatic nitrogens is 1. The number of hydrogen-bond donors (Lipinski definition) is 2. The molecule has 13 nitrogen and oxygen atoms in total. The lowest BCUT2D eigenvalue weighted by Gasteiger charge is -2.36. The maximum absolute atomic E-state index is 13.5. The molecule has 9 rings (SSSR count). The second kappa shape index (κ2) is 13.7. The number of benzene rings is 2. The van der Waals surface area contributed by atoms with Crippen molar-refractivity contribution in [1.29, 1.82) is 0 Å². The molecule has 0 bridgehead atoms. The molecule has 1 aliphatic carbocycles. The molecule has 0 spiro atoms. The molecule has 6 aliphatic rings. The molecule has 2 unspecified atom stereocenters. The maximum Gasteiger partial charge on any atom is 0.255 e. The topological polar surface area (TPSA) is 144 Å². The van der Waals surface area contributed by atoms with Gasteiger partial charge >= 0.3 is 0 Å². The summed E-state index contributed by atoms with van der Waals surface area (Å²) < 4.78 is 6.09. The fraction of sp³-hybridized carbons (Fsp3) is 0.450. The number of ether oxygens (including phenoxy) is 1. The number of piperazine rings is 1. The number of halogens is 1. The molecule has 1 aromatic heterocycles. The van der Waals surface area contributed by atoms with Gasteiger partial charge in [-0.2, -0.15) is 0 Å². The van der Waals surface area contributed by atoms with Crippen LogP contribution in [-0.2, 0) is 35.9 Å². The summed E-state index contributed by atoms with van der Waals surface area (Å²) in [5, 5.41) is 6.53. The average molecular weight is 752 g/mol. The first-order valence-electron chi connectivity index (χ1n) is 18.9. The number of anilines is 3. The maximum atomic E-state index is 13.5. The summed E-state index contributed by atoms with van der Waals surface area (Å²) in [6.45, 7) is 3.25. The SMILES string of the molecule is O=C1CCC(N2Cc3cc(N4CCC(OCC(=O)N5CCN(c6cccc(C7(C8CC8)CNc8nccc(Cl)c87)c6)C(=O)C5)CC4)ccc3C2=O)C(=O)N1. The minimum atomic E-state index is -0.641. The predicted molar refractivity (Wildman–Crippen MR) is 200 cm³/mol. The summed E-state index contributed by atoms with van der Waals surface area (Å²) >= 11 is 6.77. The van der Waals surface area contributed by atoms with Crippen molar-refractivity contribution in [3.63, 3.8) is 0 Å². The van der Waals surface area contributed by atoms with Crippen molar-refractivity contribution in [1.82, 2.24) is 20.1 Å². The molecule has 2 N–H and O–H groups in total. The quantitative estimate of drug-likeness (QED) is 0.331. The van der Waals surface area contributed by atoms with E-state index < -0.39 is 11.9 Å². The summed E-state index contributed by atoms with van der Waals surface area (Å²) in [5.41, 5.74) is 5.14. The Bertz CT molecular complexity index is 2070. The Hall–Kier alpha value is -5.01. The molecule has 5 amide bonds. The number of imide groups is 1. The minimum absolute atomic E-state index is 0.000569. The highest BCUT2D eigenvalue weighted by atomic mass is 35.5. The lowest BCUT2D eigenvalue weighted by atomic mass is 9.72. The Morgan fingerprint density at radius 3 is 2.54 bits per heavy atom. The van der Waals surface area contributed by atoms with Gasteiger partial charge in [-0.05, 0) is 85.5 Å². The van der Waals surface area contributed by atoms with Crippen molar-refractivity contribution in [3.05, 3.63) is 82.0 Å². The van der Waals surface area contributed by atoms with Crippen LogP contribution < -0.4 is 20.4 Å². The summed E-state index contributed by atoms with van der Waals surface area (Å²) in [4.78, 5) is 75.6. The molecule has 280 valence electrons. The Morgan fingerprint density at radius 2 is 1.76 bits per heavy atom. The third-order valence-corrected chi connectivity index (χ3v) is 12.5. The largest absolute Gasteiger partial charge is 0.371 e. The minimum Gasteiger partial charge on any atom is -0.371 e. The van der Waals surface area contributed by atoms with Crippen LogP contribution in [0.1, 0.15) is 65.6 Å². The highest BCUT2D eigenvalue weighted by Crippen LogP contribution is 2.57. The van der Waals surface area contributed by atoms with Gasteiger partial charge < -0.3 is 29.7 Å². The zero-order valence-electron chi connectivity index (χ0n) is 29.9. The Balaban J connectivity index is 0.773. The van der Waals surface area contributed by atoms with Crippen LogP contribution in [0.5, 0.6) is 0 Å². The van der Waals surface area contributed by atoms with Gasteiger partial charge in [0.25, 0.3) is 5.91 Å². The number of nitrogens with zero attached hydrogens (tertiary/aromatic N) is 5. The molecular weight excluding hydrogens is 710 g/mol. The van der Waals surface area contributed by atoms with E-state index in [1.165, 1.54) is 0 Å². The molecule has 4 fully saturated rings. The first kappa shape index (κ1) is 34.7. The Labute approximate surface area is 317 Å². The number of piperidine rings is 2. The molecule has 14 heteroatoms. The summed E-state index contributed by atoms with van der Waals surface area (Å²) in [7, 11) is 0. The molecular formula is C40H42ClN7O6. The van der Waals surface area contributed by atoms with Gasteiger partial charge in [-0.1, -0.05) is 23.7 Å². The smallest absolute Gasteiger partial charge is 0.255 e.